The predicted molar refractivity (Wildman–Crippen MR) is 104 cm³/mol. The van der Waals surface area contributed by atoms with Gasteiger partial charge in [0.1, 0.15) is 6.04 Å². The second kappa shape index (κ2) is 9.12. The summed E-state index contributed by atoms with van der Waals surface area (Å²) in [6, 6.07) is 8.67. The number of carbonyl (C=O) groups is 3. The normalized spacial score (nSPS) is 24.6. The van der Waals surface area contributed by atoms with E-state index >= 15 is 0 Å². The third kappa shape index (κ3) is 5.38. The van der Waals surface area contributed by atoms with Crippen LogP contribution in [0.3, 0.4) is 0 Å². The number of unbranched alkanes of at least 4 members (excludes halogenated alkanes) is 1. The van der Waals surface area contributed by atoms with E-state index in [0.717, 1.165) is 24.2 Å². The molecule has 3 rings (SSSR count). The number of urea groups is 1. The number of carboxylic acids is 1. The maximum atomic E-state index is 12.1. The first-order valence-electron chi connectivity index (χ1n) is 9.27. The molecule has 2 aliphatic rings. The van der Waals surface area contributed by atoms with Crippen LogP contribution in [0.15, 0.2) is 30.3 Å². The molecule has 3 unspecified atom stereocenters. The molecule has 0 aliphatic carbocycles. The average molecular weight is 391 g/mol. The third-order valence-corrected chi connectivity index (χ3v) is 6.51. The highest BCUT2D eigenvalue weighted by molar-refractivity contribution is 8.00. The van der Waals surface area contributed by atoms with Crippen molar-refractivity contribution in [1.29, 1.82) is 0 Å². The van der Waals surface area contributed by atoms with Gasteiger partial charge in [0.25, 0.3) is 0 Å². The minimum atomic E-state index is -1.02. The van der Waals surface area contributed by atoms with Crippen molar-refractivity contribution in [3.8, 4) is 0 Å². The van der Waals surface area contributed by atoms with E-state index in [0.29, 0.717) is 18.1 Å². The second-order valence-corrected chi connectivity index (χ2v) is 8.29. The molecule has 0 aromatic heterocycles. The van der Waals surface area contributed by atoms with Crippen LogP contribution in [0, 0.1) is 0 Å². The van der Waals surface area contributed by atoms with Gasteiger partial charge in [-0.2, -0.15) is 11.8 Å². The van der Waals surface area contributed by atoms with Crippen molar-refractivity contribution in [2.24, 2.45) is 0 Å². The average Bonchev–Trinajstić information content (AvgIpc) is 3.18. The molecule has 0 bridgehead atoms. The zero-order valence-electron chi connectivity index (χ0n) is 15.0. The summed E-state index contributed by atoms with van der Waals surface area (Å²) < 4.78 is 0. The predicted octanol–water partition coefficient (Wildman–Crippen LogP) is 1.52. The van der Waals surface area contributed by atoms with Gasteiger partial charge in [0.05, 0.1) is 12.1 Å². The first-order valence-corrected chi connectivity index (χ1v) is 10.3. The van der Waals surface area contributed by atoms with Crippen molar-refractivity contribution in [3.05, 3.63) is 35.9 Å². The molecular weight excluding hydrogens is 366 g/mol. The first kappa shape index (κ1) is 19.5. The summed E-state index contributed by atoms with van der Waals surface area (Å²) in [7, 11) is 0. The van der Waals surface area contributed by atoms with Gasteiger partial charge in [-0.05, 0) is 18.4 Å². The lowest BCUT2D eigenvalue weighted by atomic mass is 10.0. The Bertz CT molecular complexity index is 685. The Hall–Kier alpha value is -2.22. The van der Waals surface area contributed by atoms with E-state index < -0.39 is 12.0 Å². The van der Waals surface area contributed by atoms with Gasteiger partial charge in [-0.3, -0.25) is 4.79 Å². The Labute approximate surface area is 162 Å². The number of rotatable bonds is 9. The van der Waals surface area contributed by atoms with E-state index in [4.69, 9.17) is 0 Å². The molecule has 0 saturated carbocycles. The van der Waals surface area contributed by atoms with E-state index in [9.17, 15) is 19.5 Å². The van der Waals surface area contributed by atoms with Crippen LogP contribution in [0.2, 0.25) is 0 Å². The molecule has 0 spiro atoms. The fourth-order valence-corrected chi connectivity index (χ4v) is 5.13. The molecule has 1 aromatic carbocycles. The van der Waals surface area contributed by atoms with Crippen LogP contribution in [0.4, 0.5) is 4.79 Å². The van der Waals surface area contributed by atoms with Gasteiger partial charge < -0.3 is 21.1 Å². The lowest BCUT2D eigenvalue weighted by molar-refractivity contribution is -0.141. The molecule has 2 fully saturated rings. The van der Waals surface area contributed by atoms with Gasteiger partial charge in [-0.1, -0.05) is 36.8 Å². The number of nitrogens with one attached hydrogen (secondary N) is 3. The SMILES string of the molecule is O=C(CCCCC1SCC2NC(=O)NC21)N[C@@H](Cc1ccccc1)C(=O)O. The molecule has 2 heterocycles. The van der Waals surface area contributed by atoms with Gasteiger partial charge in [0.2, 0.25) is 5.91 Å². The van der Waals surface area contributed by atoms with Gasteiger partial charge >= 0.3 is 12.0 Å². The Morgan fingerprint density at radius 2 is 2.00 bits per heavy atom. The number of benzene rings is 1. The number of aliphatic carboxylic acids is 1. The van der Waals surface area contributed by atoms with Gasteiger partial charge in [-0.25, -0.2) is 9.59 Å². The van der Waals surface area contributed by atoms with Gasteiger partial charge in [0.15, 0.2) is 0 Å². The Kier molecular flexibility index (Phi) is 6.60. The van der Waals surface area contributed by atoms with Crippen molar-refractivity contribution in [3.63, 3.8) is 0 Å². The summed E-state index contributed by atoms with van der Waals surface area (Å²) in [5.74, 6) is -0.329. The summed E-state index contributed by atoms with van der Waals surface area (Å²) in [5, 5.41) is 18.2. The summed E-state index contributed by atoms with van der Waals surface area (Å²) in [5.41, 5.74) is 0.880. The molecule has 2 aliphatic heterocycles. The molecular formula is C19H25N3O4S. The first-order chi connectivity index (χ1) is 13.0. The maximum absolute atomic E-state index is 12.1. The Morgan fingerprint density at radius 1 is 1.22 bits per heavy atom. The van der Waals surface area contributed by atoms with Gasteiger partial charge in [-0.15, -0.1) is 0 Å². The third-order valence-electron chi connectivity index (χ3n) is 5.00. The van der Waals surface area contributed by atoms with Crippen molar-refractivity contribution in [2.75, 3.05) is 5.75 Å². The van der Waals surface area contributed by atoms with Crippen LogP contribution >= 0.6 is 11.8 Å². The van der Waals surface area contributed by atoms with Crippen LogP contribution in [-0.4, -0.2) is 52.1 Å². The van der Waals surface area contributed by atoms with E-state index in [1.54, 1.807) is 0 Å². The van der Waals surface area contributed by atoms with Crippen LogP contribution < -0.4 is 16.0 Å². The Morgan fingerprint density at radius 3 is 2.74 bits per heavy atom. The molecule has 4 N–H and O–H groups in total. The molecule has 146 valence electrons. The molecule has 2 saturated heterocycles. The monoisotopic (exact) mass is 391 g/mol. The number of hydrogen-bond donors (Lipinski definition) is 4. The fourth-order valence-electron chi connectivity index (χ4n) is 3.59. The van der Waals surface area contributed by atoms with Crippen molar-refractivity contribution in [1.82, 2.24) is 16.0 Å². The number of carbonyl (C=O) groups excluding carboxylic acids is 2. The lowest BCUT2D eigenvalue weighted by Crippen LogP contribution is -2.42. The van der Waals surface area contributed by atoms with Crippen molar-refractivity contribution >= 4 is 29.7 Å². The van der Waals surface area contributed by atoms with Crippen LogP contribution in [0.1, 0.15) is 31.2 Å². The molecule has 4 atom stereocenters. The summed E-state index contributed by atoms with van der Waals surface area (Å²) in [4.78, 5) is 34.9. The summed E-state index contributed by atoms with van der Waals surface area (Å²) in [6.07, 6.45) is 3.11. The fraction of sp³-hybridized carbons (Fsp3) is 0.526. The molecule has 0 radical (unpaired) electrons. The minimum absolute atomic E-state index is 0.0900. The highest BCUT2D eigenvalue weighted by Gasteiger charge is 2.42. The topological polar surface area (TPSA) is 108 Å². The molecule has 3 amide bonds. The quantitative estimate of drug-likeness (QED) is 0.377. The van der Waals surface area contributed by atoms with Gasteiger partial charge in [0, 0.05) is 23.8 Å². The number of fused-ring (bicyclic) bond motifs is 1. The highest BCUT2D eigenvalue weighted by atomic mass is 32.2. The summed E-state index contributed by atoms with van der Waals surface area (Å²) in [6.45, 7) is 0. The zero-order chi connectivity index (χ0) is 19.2. The lowest BCUT2D eigenvalue weighted by Gasteiger charge is -2.17. The van der Waals surface area contributed by atoms with E-state index in [-0.39, 0.29) is 30.4 Å². The van der Waals surface area contributed by atoms with Crippen LogP contribution in [0.5, 0.6) is 0 Å². The molecule has 27 heavy (non-hydrogen) atoms. The van der Waals surface area contributed by atoms with E-state index in [1.165, 1.54) is 0 Å². The molecule has 7 nitrogen and oxygen atoms in total. The van der Waals surface area contributed by atoms with E-state index in [2.05, 4.69) is 16.0 Å². The van der Waals surface area contributed by atoms with Crippen LogP contribution in [0.25, 0.3) is 0 Å². The largest absolute Gasteiger partial charge is 0.480 e. The minimum Gasteiger partial charge on any atom is -0.480 e. The molecule has 1 aromatic rings. The highest BCUT2D eigenvalue weighted by Crippen LogP contribution is 2.33. The standard InChI is InChI=1S/C19H25N3O4S/c23-16(20-13(18(24)25)10-12-6-2-1-3-7-12)9-5-4-8-15-17-14(11-27-15)21-19(26)22-17/h1-3,6-7,13-15,17H,4-5,8-11H2,(H,20,23)(H,24,25)(H2,21,22,26)/t13-,14?,15?,17?/m0/s1. The molecule has 8 heteroatoms. The zero-order valence-corrected chi connectivity index (χ0v) is 15.8. The summed E-state index contributed by atoms with van der Waals surface area (Å²) >= 11 is 1.86. The number of hydrogen-bond acceptors (Lipinski definition) is 4. The van der Waals surface area contributed by atoms with Crippen LogP contribution in [-0.2, 0) is 16.0 Å². The Balaban J connectivity index is 1.37. The van der Waals surface area contributed by atoms with Crippen molar-refractivity contribution < 1.29 is 19.5 Å². The number of carboxylic acid groups (broad SMARTS) is 1. The maximum Gasteiger partial charge on any atom is 0.326 e. The smallest absolute Gasteiger partial charge is 0.326 e. The second-order valence-electron chi connectivity index (χ2n) is 7.02. The van der Waals surface area contributed by atoms with Crippen molar-refractivity contribution in [2.45, 2.75) is 55.5 Å². The number of amides is 3. The van der Waals surface area contributed by atoms with E-state index in [1.807, 2.05) is 42.1 Å². The number of thioether (sulfide) groups is 1.